The predicted molar refractivity (Wildman–Crippen MR) is 66.7 cm³/mol. The fraction of sp³-hybridized carbons (Fsp3) is 0.273. The lowest BCUT2D eigenvalue weighted by Crippen LogP contribution is -2.10. The van der Waals surface area contributed by atoms with Crippen molar-refractivity contribution >= 4 is 22.4 Å². The first-order valence-corrected chi connectivity index (χ1v) is 6.15. The Morgan fingerprint density at radius 3 is 3.06 bits per heavy atom. The molecule has 2 aromatic rings. The van der Waals surface area contributed by atoms with Gasteiger partial charge in [0.1, 0.15) is 0 Å². The van der Waals surface area contributed by atoms with Crippen LogP contribution in [0.2, 0.25) is 0 Å². The lowest BCUT2D eigenvalue weighted by Gasteiger charge is -1.96. The molecule has 0 aromatic carbocycles. The summed E-state index contributed by atoms with van der Waals surface area (Å²) in [5.41, 5.74) is 0.904. The maximum absolute atomic E-state index is 11.4. The zero-order valence-corrected chi connectivity index (χ0v) is 10.2. The van der Waals surface area contributed by atoms with Crippen LogP contribution in [0.1, 0.15) is 19.8 Å². The molecule has 0 aliphatic heterocycles. The minimum atomic E-state index is -0.0265. The van der Waals surface area contributed by atoms with Crippen LogP contribution < -0.4 is 5.32 Å². The molecule has 0 bridgehead atoms. The Morgan fingerprint density at radius 1 is 1.47 bits per heavy atom. The Balaban J connectivity index is 2.09. The van der Waals surface area contributed by atoms with Gasteiger partial charge in [-0.25, -0.2) is 0 Å². The van der Waals surface area contributed by atoms with Gasteiger partial charge >= 0.3 is 0 Å². The van der Waals surface area contributed by atoms with E-state index >= 15 is 0 Å². The van der Waals surface area contributed by atoms with Gasteiger partial charge in [-0.2, -0.15) is 0 Å². The van der Waals surface area contributed by atoms with Crippen LogP contribution >= 0.6 is 11.3 Å². The number of rotatable bonds is 4. The molecular formula is C11H12N4OS. The third-order valence-corrected chi connectivity index (χ3v) is 2.94. The molecule has 0 aliphatic rings. The minimum Gasteiger partial charge on any atom is -0.301 e. The van der Waals surface area contributed by atoms with Crippen molar-refractivity contribution in [3.63, 3.8) is 0 Å². The van der Waals surface area contributed by atoms with E-state index in [1.165, 1.54) is 11.3 Å². The predicted octanol–water partition coefficient (Wildman–Crippen LogP) is 2.34. The normalized spacial score (nSPS) is 10.2. The van der Waals surface area contributed by atoms with Crippen molar-refractivity contribution in [2.45, 2.75) is 19.8 Å². The maximum atomic E-state index is 11.4. The van der Waals surface area contributed by atoms with Gasteiger partial charge in [0, 0.05) is 24.4 Å². The Morgan fingerprint density at radius 2 is 2.35 bits per heavy atom. The zero-order valence-electron chi connectivity index (χ0n) is 9.38. The Kier molecular flexibility index (Phi) is 3.77. The lowest BCUT2D eigenvalue weighted by molar-refractivity contribution is -0.116. The molecule has 0 radical (unpaired) electrons. The number of anilines is 1. The number of carbonyl (C=O) groups is 1. The summed E-state index contributed by atoms with van der Waals surface area (Å²) in [5, 5.41) is 11.9. The summed E-state index contributed by atoms with van der Waals surface area (Å²) < 4.78 is 0. The van der Waals surface area contributed by atoms with Crippen molar-refractivity contribution in [2.75, 3.05) is 5.32 Å². The molecule has 0 saturated carbocycles. The van der Waals surface area contributed by atoms with Gasteiger partial charge in [0.2, 0.25) is 11.0 Å². The second-order valence-corrected chi connectivity index (χ2v) is 4.43. The summed E-state index contributed by atoms with van der Waals surface area (Å²) in [6.45, 7) is 1.96. The number of hydrogen-bond acceptors (Lipinski definition) is 5. The van der Waals surface area contributed by atoms with Gasteiger partial charge in [-0.05, 0) is 18.6 Å². The van der Waals surface area contributed by atoms with Crippen LogP contribution in [0.25, 0.3) is 10.6 Å². The van der Waals surface area contributed by atoms with Crippen molar-refractivity contribution in [1.29, 1.82) is 0 Å². The van der Waals surface area contributed by atoms with Gasteiger partial charge in [0.15, 0.2) is 5.01 Å². The number of nitrogens with one attached hydrogen (secondary N) is 1. The largest absolute Gasteiger partial charge is 0.301 e. The van der Waals surface area contributed by atoms with E-state index in [1.54, 1.807) is 12.4 Å². The van der Waals surface area contributed by atoms with Gasteiger partial charge in [-0.3, -0.25) is 9.78 Å². The number of carbonyl (C=O) groups excluding carboxylic acids is 1. The molecule has 0 fully saturated rings. The molecule has 1 amide bonds. The average Bonchev–Trinajstić information content (AvgIpc) is 2.79. The second kappa shape index (κ2) is 5.49. The molecule has 0 aliphatic carbocycles. The van der Waals surface area contributed by atoms with E-state index in [0.717, 1.165) is 17.0 Å². The molecule has 2 aromatic heterocycles. The van der Waals surface area contributed by atoms with Crippen LogP contribution in [0.3, 0.4) is 0 Å². The van der Waals surface area contributed by atoms with Gasteiger partial charge in [0.05, 0.1) is 0 Å². The van der Waals surface area contributed by atoms with E-state index in [2.05, 4.69) is 20.5 Å². The van der Waals surface area contributed by atoms with Gasteiger partial charge in [0.25, 0.3) is 0 Å². The summed E-state index contributed by atoms with van der Waals surface area (Å²) in [6, 6.07) is 3.75. The molecular weight excluding hydrogens is 236 g/mol. The third-order valence-electron chi connectivity index (χ3n) is 2.06. The monoisotopic (exact) mass is 248 g/mol. The van der Waals surface area contributed by atoms with Crippen molar-refractivity contribution in [3.05, 3.63) is 24.5 Å². The summed E-state index contributed by atoms with van der Waals surface area (Å²) in [4.78, 5) is 15.4. The standard InChI is InChI=1S/C11H12N4OS/c1-2-4-9(16)13-11-15-14-10(17-11)8-5-3-6-12-7-8/h3,5-7H,2,4H2,1H3,(H,13,15,16). The number of nitrogens with zero attached hydrogens (tertiary/aromatic N) is 3. The molecule has 0 unspecified atom stereocenters. The smallest absolute Gasteiger partial charge is 0.226 e. The van der Waals surface area contributed by atoms with Crippen molar-refractivity contribution in [1.82, 2.24) is 15.2 Å². The molecule has 6 heteroatoms. The van der Waals surface area contributed by atoms with Crippen molar-refractivity contribution in [2.24, 2.45) is 0 Å². The van der Waals surface area contributed by atoms with E-state index in [9.17, 15) is 4.79 Å². The highest BCUT2D eigenvalue weighted by Gasteiger charge is 2.08. The van der Waals surface area contributed by atoms with Crippen LogP contribution in [0.5, 0.6) is 0 Å². The van der Waals surface area contributed by atoms with Gasteiger partial charge in [-0.15, -0.1) is 10.2 Å². The van der Waals surface area contributed by atoms with E-state index < -0.39 is 0 Å². The molecule has 0 saturated heterocycles. The van der Waals surface area contributed by atoms with Gasteiger partial charge < -0.3 is 5.32 Å². The fourth-order valence-corrected chi connectivity index (χ4v) is 2.04. The van der Waals surface area contributed by atoms with Crippen LogP contribution in [0.4, 0.5) is 5.13 Å². The van der Waals surface area contributed by atoms with E-state index in [4.69, 9.17) is 0 Å². The Bertz CT molecular complexity index is 497. The van der Waals surface area contributed by atoms with Crippen LogP contribution in [0.15, 0.2) is 24.5 Å². The summed E-state index contributed by atoms with van der Waals surface area (Å²) >= 11 is 1.35. The molecule has 2 rings (SSSR count). The highest BCUT2D eigenvalue weighted by molar-refractivity contribution is 7.18. The quantitative estimate of drug-likeness (QED) is 0.901. The molecule has 88 valence electrons. The average molecular weight is 248 g/mol. The zero-order chi connectivity index (χ0) is 12.1. The highest BCUT2D eigenvalue weighted by Crippen LogP contribution is 2.25. The first-order valence-electron chi connectivity index (χ1n) is 5.33. The molecule has 0 atom stereocenters. The maximum Gasteiger partial charge on any atom is 0.226 e. The number of pyridine rings is 1. The second-order valence-electron chi connectivity index (χ2n) is 3.45. The SMILES string of the molecule is CCCC(=O)Nc1nnc(-c2cccnc2)s1. The van der Waals surface area contributed by atoms with E-state index in [1.807, 2.05) is 19.1 Å². The summed E-state index contributed by atoms with van der Waals surface area (Å²) in [6.07, 6.45) is 4.74. The van der Waals surface area contributed by atoms with Crippen molar-refractivity contribution in [3.8, 4) is 10.6 Å². The number of aromatic nitrogens is 3. The highest BCUT2D eigenvalue weighted by atomic mass is 32.1. The third kappa shape index (κ3) is 3.07. The number of amides is 1. The lowest BCUT2D eigenvalue weighted by atomic mass is 10.3. The number of hydrogen-bond donors (Lipinski definition) is 1. The summed E-state index contributed by atoms with van der Waals surface area (Å²) in [7, 11) is 0. The molecule has 17 heavy (non-hydrogen) atoms. The Labute approximate surface area is 103 Å². The topological polar surface area (TPSA) is 67.8 Å². The Hall–Kier alpha value is -1.82. The first-order chi connectivity index (χ1) is 8.29. The van der Waals surface area contributed by atoms with Gasteiger partial charge in [-0.1, -0.05) is 18.3 Å². The molecule has 2 heterocycles. The van der Waals surface area contributed by atoms with Crippen LogP contribution in [-0.4, -0.2) is 21.1 Å². The molecule has 0 spiro atoms. The molecule has 1 N–H and O–H groups in total. The van der Waals surface area contributed by atoms with E-state index in [0.29, 0.717) is 11.6 Å². The van der Waals surface area contributed by atoms with Crippen LogP contribution in [0, 0.1) is 0 Å². The minimum absolute atomic E-state index is 0.0265. The van der Waals surface area contributed by atoms with E-state index in [-0.39, 0.29) is 5.91 Å². The first kappa shape index (κ1) is 11.7. The molecule has 5 nitrogen and oxygen atoms in total. The van der Waals surface area contributed by atoms with Crippen LogP contribution in [-0.2, 0) is 4.79 Å². The summed E-state index contributed by atoms with van der Waals surface area (Å²) in [5.74, 6) is -0.0265. The van der Waals surface area contributed by atoms with Crippen molar-refractivity contribution < 1.29 is 4.79 Å². The fourth-order valence-electron chi connectivity index (χ4n) is 1.29.